The van der Waals surface area contributed by atoms with Crippen molar-refractivity contribution in [2.45, 2.75) is 13.1 Å². The molecule has 0 N–H and O–H groups in total. The molecule has 2 aromatic heterocycles. The Morgan fingerprint density at radius 1 is 1.03 bits per heavy atom. The first-order chi connectivity index (χ1) is 15.6. The molecule has 4 rings (SSSR count). The van der Waals surface area contributed by atoms with Crippen LogP contribution in [-0.4, -0.2) is 9.13 Å². The normalized spacial score (nSPS) is 11.4. The van der Waals surface area contributed by atoms with Crippen molar-refractivity contribution in [2.24, 2.45) is 7.05 Å². The summed E-state index contributed by atoms with van der Waals surface area (Å²) in [5, 5.41) is 11.0. The maximum Gasteiger partial charge on any atom is 0.416 e. The zero-order chi connectivity index (χ0) is 23.9. The third-order valence-electron chi connectivity index (χ3n) is 5.31. The van der Waals surface area contributed by atoms with Gasteiger partial charge in [-0.05, 0) is 54.3 Å². The van der Waals surface area contributed by atoms with Crippen LogP contribution in [0.1, 0.15) is 16.8 Å². The van der Waals surface area contributed by atoms with Crippen LogP contribution in [0.15, 0.2) is 69.6 Å². The van der Waals surface area contributed by atoms with Gasteiger partial charge in [0.05, 0.1) is 28.4 Å². The monoisotopic (exact) mass is 467 g/mol. The summed E-state index contributed by atoms with van der Waals surface area (Å²) in [6.45, 7) is 1.53. The molecule has 0 amide bonds. The van der Waals surface area contributed by atoms with Crippen LogP contribution >= 0.6 is 11.3 Å². The Bertz CT molecular complexity index is 1540. The van der Waals surface area contributed by atoms with Crippen molar-refractivity contribution in [1.82, 2.24) is 9.13 Å². The number of nitrogens with zero attached hydrogens (tertiary/aromatic N) is 3. The lowest BCUT2D eigenvalue weighted by Gasteiger charge is -2.17. The number of nitriles is 1. The molecule has 0 saturated heterocycles. The molecule has 166 valence electrons. The van der Waals surface area contributed by atoms with Gasteiger partial charge in [-0.15, -0.1) is 11.3 Å². The van der Waals surface area contributed by atoms with Crippen molar-refractivity contribution < 1.29 is 13.2 Å². The molecule has 0 radical (unpaired) electrons. The minimum Gasteiger partial charge on any atom is -0.268 e. The Morgan fingerprint density at radius 2 is 1.76 bits per heavy atom. The van der Waals surface area contributed by atoms with Crippen LogP contribution in [0.2, 0.25) is 0 Å². The van der Waals surface area contributed by atoms with Gasteiger partial charge >= 0.3 is 11.9 Å². The van der Waals surface area contributed by atoms with E-state index in [4.69, 9.17) is 0 Å². The highest BCUT2D eigenvalue weighted by Crippen LogP contribution is 2.37. The Balaban J connectivity index is 2.00. The van der Waals surface area contributed by atoms with E-state index in [0.29, 0.717) is 16.0 Å². The summed E-state index contributed by atoms with van der Waals surface area (Å²) in [4.78, 5) is 26.8. The van der Waals surface area contributed by atoms with E-state index in [-0.39, 0.29) is 16.9 Å². The molecule has 0 aliphatic carbocycles. The number of hydrogen-bond donors (Lipinski definition) is 0. The predicted octanol–water partition coefficient (Wildman–Crippen LogP) is 5.13. The van der Waals surface area contributed by atoms with E-state index in [1.807, 2.05) is 0 Å². The summed E-state index contributed by atoms with van der Waals surface area (Å²) in [6.07, 6.45) is -4.58. The van der Waals surface area contributed by atoms with E-state index in [2.05, 4.69) is 6.07 Å². The van der Waals surface area contributed by atoms with Crippen LogP contribution in [-0.2, 0) is 13.2 Å². The number of halogens is 3. The molecule has 9 heteroatoms. The first kappa shape index (κ1) is 22.3. The average molecular weight is 467 g/mol. The molecular weight excluding hydrogens is 451 g/mol. The molecule has 2 heterocycles. The van der Waals surface area contributed by atoms with Crippen LogP contribution in [0, 0.1) is 18.3 Å². The van der Waals surface area contributed by atoms with Gasteiger partial charge in [-0.3, -0.25) is 13.9 Å². The van der Waals surface area contributed by atoms with Crippen molar-refractivity contribution in [3.05, 3.63) is 97.6 Å². The van der Waals surface area contributed by atoms with Crippen LogP contribution in [0.25, 0.3) is 27.3 Å². The number of thiophene rings is 1. The first-order valence-electron chi connectivity index (χ1n) is 9.72. The second-order valence-electron chi connectivity index (χ2n) is 7.35. The summed E-state index contributed by atoms with van der Waals surface area (Å²) >= 11 is 1.36. The summed E-state index contributed by atoms with van der Waals surface area (Å²) < 4.78 is 41.8. The predicted molar refractivity (Wildman–Crippen MR) is 120 cm³/mol. The second kappa shape index (κ2) is 8.22. The van der Waals surface area contributed by atoms with Gasteiger partial charge in [-0.1, -0.05) is 18.2 Å². The molecule has 5 nitrogen and oxygen atoms in total. The average Bonchev–Trinajstić information content (AvgIpc) is 3.27. The fourth-order valence-electron chi connectivity index (χ4n) is 3.71. The fourth-order valence-corrected chi connectivity index (χ4v) is 4.61. The third kappa shape index (κ3) is 3.90. The molecule has 0 atom stereocenters. The minimum atomic E-state index is -4.58. The quantitative estimate of drug-likeness (QED) is 0.420. The van der Waals surface area contributed by atoms with E-state index in [1.54, 1.807) is 35.7 Å². The van der Waals surface area contributed by atoms with Crippen LogP contribution < -0.4 is 11.2 Å². The maximum atomic E-state index is 13.3. The van der Waals surface area contributed by atoms with E-state index in [0.717, 1.165) is 26.8 Å². The van der Waals surface area contributed by atoms with E-state index < -0.39 is 23.0 Å². The lowest BCUT2D eigenvalue weighted by Crippen LogP contribution is -2.39. The van der Waals surface area contributed by atoms with Crippen molar-refractivity contribution >= 4 is 11.3 Å². The van der Waals surface area contributed by atoms with Gasteiger partial charge in [-0.25, -0.2) is 4.79 Å². The molecule has 0 fully saturated rings. The molecule has 0 aliphatic rings. The number of hydrogen-bond acceptors (Lipinski definition) is 4. The molecule has 0 bridgehead atoms. The Kier molecular flexibility index (Phi) is 5.56. The lowest BCUT2D eigenvalue weighted by atomic mass is 10.0. The van der Waals surface area contributed by atoms with Crippen LogP contribution in [0.4, 0.5) is 13.2 Å². The molecule has 2 aromatic carbocycles. The van der Waals surface area contributed by atoms with Crippen molar-refractivity contribution in [2.75, 3.05) is 0 Å². The molecule has 0 aliphatic heterocycles. The number of alkyl halides is 3. The zero-order valence-electron chi connectivity index (χ0n) is 17.5. The number of benzene rings is 2. The minimum absolute atomic E-state index is 0.00688. The number of rotatable bonds is 3. The molecular formula is C24H16F3N3O2S. The lowest BCUT2D eigenvalue weighted by molar-refractivity contribution is -0.137. The molecule has 0 spiro atoms. The summed E-state index contributed by atoms with van der Waals surface area (Å²) in [7, 11) is 1.29. The topological polar surface area (TPSA) is 67.8 Å². The van der Waals surface area contributed by atoms with E-state index in [9.17, 15) is 28.0 Å². The highest BCUT2D eigenvalue weighted by molar-refractivity contribution is 7.14. The Labute approximate surface area is 190 Å². The smallest absolute Gasteiger partial charge is 0.268 e. The summed E-state index contributed by atoms with van der Waals surface area (Å²) in [6, 6.07) is 15.1. The van der Waals surface area contributed by atoms with Gasteiger partial charge in [0.25, 0.3) is 5.56 Å². The van der Waals surface area contributed by atoms with Gasteiger partial charge < -0.3 is 0 Å². The highest BCUT2D eigenvalue weighted by atomic mass is 32.1. The van der Waals surface area contributed by atoms with Crippen molar-refractivity contribution in [1.29, 1.82) is 5.26 Å². The zero-order valence-corrected chi connectivity index (χ0v) is 18.3. The van der Waals surface area contributed by atoms with Crippen molar-refractivity contribution in [3.8, 4) is 33.3 Å². The maximum absolute atomic E-state index is 13.3. The van der Waals surface area contributed by atoms with E-state index in [1.165, 1.54) is 37.4 Å². The Hall–Kier alpha value is -3.90. The van der Waals surface area contributed by atoms with Gasteiger partial charge in [0, 0.05) is 23.2 Å². The molecule has 4 aromatic rings. The van der Waals surface area contributed by atoms with E-state index >= 15 is 0 Å². The largest absolute Gasteiger partial charge is 0.416 e. The Morgan fingerprint density at radius 3 is 2.45 bits per heavy atom. The van der Waals surface area contributed by atoms with Gasteiger partial charge in [-0.2, -0.15) is 18.4 Å². The summed E-state index contributed by atoms with van der Waals surface area (Å²) in [5.41, 5.74) is -0.0670. The van der Waals surface area contributed by atoms with Gasteiger partial charge in [0.1, 0.15) is 0 Å². The second-order valence-corrected chi connectivity index (χ2v) is 8.26. The fraction of sp³-hybridized carbons (Fsp3) is 0.125. The first-order valence-corrected chi connectivity index (χ1v) is 10.6. The SMILES string of the molecule is Cc1c(-c2ccsc2-c2cccc(C#N)c2)c(=O)n(C)c(=O)n1-c1cccc(C(F)(F)F)c1. The van der Waals surface area contributed by atoms with Gasteiger partial charge in [0.2, 0.25) is 0 Å². The third-order valence-corrected chi connectivity index (χ3v) is 6.28. The van der Waals surface area contributed by atoms with Crippen LogP contribution in [0.3, 0.4) is 0 Å². The molecule has 0 unspecified atom stereocenters. The standard InChI is InChI=1S/C24H16F3N3O2S/c1-14-20(19-9-10-33-21(19)16-6-3-5-15(11-16)13-28)22(31)29(2)23(32)30(14)18-8-4-7-17(12-18)24(25,26)27/h3-12H,1-2H3. The number of aromatic nitrogens is 2. The van der Waals surface area contributed by atoms with Gasteiger partial charge in [0.15, 0.2) is 0 Å². The highest BCUT2D eigenvalue weighted by Gasteiger charge is 2.31. The van der Waals surface area contributed by atoms with Crippen LogP contribution in [0.5, 0.6) is 0 Å². The van der Waals surface area contributed by atoms with Crippen molar-refractivity contribution in [3.63, 3.8) is 0 Å². The molecule has 0 saturated carbocycles. The molecule has 33 heavy (non-hydrogen) atoms. The summed E-state index contributed by atoms with van der Waals surface area (Å²) in [5.74, 6) is 0.